The van der Waals surface area contributed by atoms with Crippen molar-refractivity contribution in [3.63, 3.8) is 0 Å². The monoisotopic (exact) mass is 224 g/mol. The molecule has 1 aliphatic rings. The predicted molar refractivity (Wildman–Crippen MR) is 47.0 cm³/mol. The maximum absolute atomic E-state index is 13.5. The van der Waals surface area contributed by atoms with Crippen LogP contribution in [-0.4, -0.2) is 42.9 Å². The van der Waals surface area contributed by atoms with Crippen molar-refractivity contribution in [3.05, 3.63) is 0 Å². The highest BCUT2D eigenvalue weighted by Gasteiger charge is 2.61. The second-order valence-corrected chi connectivity index (χ2v) is 3.61. The average Bonchev–Trinajstić information content (AvgIpc) is 2.19. The molecule has 88 valence electrons. The number of alkyl halides is 2. The zero-order valence-electron chi connectivity index (χ0n) is 8.46. The summed E-state index contributed by atoms with van der Waals surface area (Å²) in [6.07, 6.45) is 1.19. The lowest BCUT2D eigenvalue weighted by molar-refractivity contribution is -0.247. The van der Waals surface area contributed by atoms with Crippen LogP contribution in [0.15, 0.2) is 0 Å². The zero-order valence-corrected chi connectivity index (χ0v) is 8.46. The van der Waals surface area contributed by atoms with E-state index < -0.39 is 24.1 Å². The number of halogens is 2. The fourth-order valence-electron chi connectivity index (χ4n) is 1.73. The number of methoxy groups -OCH3 is 1. The van der Waals surface area contributed by atoms with E-state index in [0.717, 1.165) is 0 Å². The summed E-state index contributed by atoms with van der Waals surface area (Å²) in [6, 6.07) is 0. The van der Waals surface area contributed by atoms with Gasteiger partial charge in [0.05, 0.1) is 6.61 Å². The molecule has 1 aliphatic heterocycles. The fourth-order valence-corrected chi connectivity index (χ4v) is 1.73. The van der Waals surface area contributed by atoms with E-state index in [4.69, 9.17) is 9.84 Å². The minimum Gasteiger partial charge on any atom is -0.477 e. The van der Waals surface area contributed by atoms with Crippen molar-refractivity contribution in [2.24, 2.45) is 0 Å². The van der Waals surface area contributed by atoms with E-state index in [1.807, 2.05) is 0 Å². The Balaban J connectivity index is 2.93. The molecule has 0 saturated carbocycles. The van der Waals surface area contributed by atoms with Crippen LogP contribution in [-0.2, 0) is 14.3 Å². The number of hydrogen-bond acceptors (Lipinski definition) is 3. The number of aliphatic carboxylic acids is 1. The first kappa shape index (κ1) is 12.3. The van der Waals surface area contributed by atoms with E-state index in [0.29, 0.717) is 12.8 Å². The van der Waals surface area contributed by atoms with Crippen molar-refractivity contribution in [3.8, 4) is 0 Å². The highest BCUT2D eigenvalue weighted by molar-refractivity contribution is 5.77. The third kappa shape index (κ3) is 2.10. The third-order valence-electron chi connectivity index (χ3n) is 2.57. The van der Waals surface area contributed by atoms with Crippen molar-refractivity contribution in [2.75, 3.05) is 20.3 Å². The molecule has 1 N–H and O–H groups in total. The van der Waals surface area contributed by atoms with Crippen molar-refractivity contribution >= 4 is 5.97 Å². The van der Waals surface area contributed by atoms with Gasteiger partial charge in [-0.1, -0.05) is 0 Å². The molecule has 0 bridgehead atoms. The molecule has 0 aromatic rings. The smallest absolute Gasteiger partial charge is 0.377 e. The predicted octanol–water partition coefficient (Wildman–Crippen LogP) is 1.29. The van der Waals surface area contributed by atoms with Crippen molar-refractivity contribution in [1.82, 2.24) is 0 Å². The van der Waals surface area contributed by atoms with E-state index in [-0.39, 0.29) is 13.0 Å². The van der Waals surface area contributed by atoms with Gasteiger partial charge in [-0.3, -0.25) is 0 Å². The first-order valence-corrected chi connectivity index (χ1v) is 4.70. The molecule has 0 aliphatic carbocycles. The van der Waals surface area contributed by atoms with Crippen LogP contribution in [0.4, 0.5) is 8.78 Å². The molecule has 1 atom stereocenters. The molecule has 0 aromatic heterocycles. The van der Waals surface area contributed by atoms with Gasteiger partial charge < -0.3 is 14.6 Å². The minimum atomic E-state index is -3.91. The van der Waals surface area contributed by atoms with Gasteiger partial charge in [-0.2, -0.15) is 8.78 Å². The maximum Gasteiger partial charge on any atom is 0.377 e. The molecule has 1 rings (SSSR count). The van der Waals surface area contributed by atoms with Crippen LogP contribution >= 0.6 is 0 Å². The summed E-state index contributed by atoms with van der Waals surface area (Å²) < 4.78 is 36.6. The molecule has 1 unspecified atom stereocenters. The largest absolute Gasteiger partial charge is 0.477 e. The average molecular weight is 224 g/mol. The highest BCUT2D eigenvalue weighted by Crippen LogP contribution is 2.39. The first-order chi connectivity index (χ1) is 6.96. The summed E-state index contributed by atoms with van der Waals surface area (Å²) >= 11 is 0. The van der Waals surface area contributed by atoms with E-state index in [1.54, 1.807) is 0 Å². The molecule has 1 saturated heterocycles. The Morgan fingerprint density at radius 3 is 2.67 bits per heavy atom. The van der Waals surface area contributed by atoms with E-state index >= 15 is 0 Å². The topological polar surface area (TPSA) is 55.8 Å². The molecule has 0 aromatic carbocycles. The number of carboxylic acid groups (broad SMARTS) is 1. The van der Waals surface area contributed by atoms with Gasteiger partial charge in [0, 0.05) is 13.7 Å². The quantitative estimate of drug-likeness (QED) is 0.781. The van der Waals surface area contributed by atoms with Gasteiger partial charge in [0.25, 0.3) is 0 Å². The lowest BCUT2D eigenvalue weighted by Crippen LogP contribution is -2.59. The summed E-state index contributed by atoms with van der Waals surface area (Å²) in [4.78, 5) is 10.5. The van der Waals surface area contributed by atoms with Gasteiger partial charge in [0.15, 0.2) is 5.60 Å². The number of ether oxygens (including phenoxy) is 2. The Hall–Kier alpha value is -0.750. The lowest BCUT2D eigenvalue weighted by atomic mass is 9.88. The third-order valence-corrected chi connectivity index (χ3v) is 2.57. The van der Waals surface area contributed by atoms with E-state index in [2.05, 4.69) is 4.74 Å². The van der Waals surface area contributed by atoms with Crippen molar-refractivity contribution in [2.45, 2.75) is 30.8 Å². The van der Waals surface area contributed by atoms with Gasteiger partial charge in [-0.05, 0) is 19.3 Å². The Kier molecular flexibility index (Phi) is 3.62. The summed E-state index contributed by atoms with van der Waals surface area (Å²) in [5, 5.41) is 8.50. The molecular weight excluding hydrogens is 210 g/mol. The Labute approximate surface area is 86.2 Å². The zero-order chi connectivity index (χ0) is 11.5. The molecule has 0 spiro atoms. The first-order valence-electron chi connectivity index (χ1n) is 4.70. The second kappa shape index (κ2) is 4.40. The summed E-state index contributed by atoms with van der Waals surface area (Å²) in [5.41, 5.74) is -2.01. The normalized spacial score (nSPS) is 27.7. The number of rotatable bonds is 4. The van der Waals surface area contributed by atoms with Crippen LogP contribution in [0.5, 0.6) is 0 Å². The second-order valence-electron chi connectivity index (χ2n) is 3.61. The molecule has 4 nitrogen and oxygen atoms in total. The SMILES string of the molecule is COCC1(C(F)(F)C(=O)O)CCCCO1. The van der Waals surface area contributed by atoms with Gasteiger partial charge in [-0.25, -0.2) is 4.79 Å². The van der Waals surface area contributed by atoms with Crippen LogP contribution in [0.3, 0.4) is 0 Å². The molecule has 6 heteroatoms. The lowest BCUT2D eigenvalue weighted by Gasteiger charge is -2.40. The van der Waals surface area contributed by atoms with E-state index in [1.165, 1.54) is 7.11 Å². The molecule has 0 amide bonds. The van der Waals surface area contributed by atoms with Crippen molar-refractivity contribution < 1.29 is 28.2 Å². The highest BCUT2D eigenvalue weighted by atomic mass is 19.3. The maximum atomic E-state index is 13.5. The Morgan fingerprint density at radius 2 is 2.27 bits per heavy atom. The standard InChI is InChI=1S/C9H14F2O4/c1-14-6-8(4-2-3-5-15-8)9(10,11)7(12)13/h2-6H2,1H3,(H,12,13). The van der Waals surface area contributed by atoms with Gasteiger partial charge in [-0.15, -0.1) is 0 Å². The van der Waals surface area contributed by atoms with Crippen LogP contribution in [0, 0.1) is 0 Å². The van der Waals surface area contributed by atoms with Crippen LogP contribution in [0.1, 0.15) is 19.3 Å². The molecule has 0 radical (unpaired) electrons. The number of hydrogen-bond donors (Lipinski definition) is 1. The number of carbonyl (C=O) groups is 1. The molecule has 1 heterocycles. The van der Waals surface area contributed by atoms with Gasteiger partial charge in [0.2, 0.25) is 0 Å². The van der Waals surface area contributed by atoms with Crippen LogP contribution in [0.25, 0.3) is 0 Å². The number of carboxylic acids is 1. The summed E-state index contributed by atoms with van der Waals surface area (Å²) in [6.45, 7) is -0.265. The van der Waals surface area contributed by atoms with Gasteiger partial charge in [0.1, 0.15) is 0 Å². The summed E-state index contributed by atoms with van der Waals surface area (Å²) in [7, 11) is 1.25. The minimum absolute atomic E-state index is 0.000139. The fraction of sp³-hybridized carbons (Fsp3) is 0.889. The van der Waals surface area contributed by atoms with Crippen LogP contribution < -0.4 is 0 Å². The van der Waals surface area contributed by atoms with Crippen molar-refractivity contribution in [1.29, 1.82) is 0 Å². The molecular formula is C9H14F2O4. The molecule has 1 fully saturated rings. The van der Waals surface area contributed by atoms with Gasteiger partial charge >= 0.3 is 11.9 Å². The Morgan fingerprint density at radius 1 is 1.60 bits per heavy atom. The Bertz CT molecular complexity index is 231. The molecule has 15 heavy (non-hydrogen) atoms. The summed E-state index contributed by atoms with van der Waals surface area (Å²) in [5.74, 6) is -6.08. The van der Waals surface area contributed by atoms with E-state index in [9.17, 15) is 13.6 Å². The van der Waals surface area contributed by atoms with Crippen LogP contribution in [0.2, 0.25) is 0 Å².